The highest BCUT2D eigenvalue weighted by molar-refractivity contribution is 9.10. The van der Waals surface area contributed by atoms with Gasteiger partial charge in [-0.2, -0.15) is 0 Å². The number of carbonyl (C=O) groups excluding carboxylic acids is 1. The molecule has 4 nitrogen and oxygen atoms in total. The summed E-state index contributed by atoms with van der Waals surface area (Å²) in [6.45, 7) is 3.00. The number of aryl methyl sites for hydroxylation is 1. The Labute approximate surface area is 119 Å². The van der Waals surface area contributed by atoms with Crippen molar-refractivity contribution in [1.29, 1.82) is 0 Å². The first kappa shape index (κ1) is 12.3. The second-order valence-corrected chi connectivity index (χ2v) is 5.16. The first-order valence-corrected chi connectivity index (χ1v) is 6.75. The van der Waals surface area contributed by atoms with E-state index in [2.05, 4.69) is 15.9 Å². The van der Waals surface area contributed by atoms with Crippen molar-refractivity contribution in [2.24, 2.45) is 0 Å². The summed E-state index contributed by atoms with van der Waals surface area (Å²) < 4.78 is 11.4. The Balaban J connectivity index is 1.99. The summed E-state index contributed by atoms with van der Waals surface area (Å²) in [4.78, 5) is 14.1. The molecule has 0 fully saturated rings. The predicted molar refractivity (Wildman–Crippen MR) is 74.8 cm³/mol. The Morgan fingerprint density at radius 2 is 2.16 bits per heavy atom. The summed E-state index contributed by atoms with van der Waals surface area (Å²) in [5.41, 5.74) is 1.88. The summed E-state index contributed by atoms with van der Waals surface area (Å²) in [5.74, 6) is 0.901. The fourth-order valence-corrected chi connectivity index (χ4v) is 2.41. The number of halogens is 1. The van der Waals surface area contributed by atoms with Crippen molar-refractivity contribution in [3.05, 3.63) is 46.3 Å². The van der Waals surface area contributed by atoms with Crippen molar-refractivity contribution in [3.8, 4) is 5.75 Å². The van der Waals surface area contributed by atoms with Gasteiger partial charge in [0.2, 0.25) is 0 Å². The highest BCUT2D eigenvalue weighted by atomic mass is 79.9. The molecular weight excluding hydrogens is 310 g/mol. The van der Waals surface area contributed by atoms with E-state index in [0.29, 0.717) is 23.6 Å². The van der Waals surface area contributed by atoms with Crippen LogP contribution in [0, 0.1) is 6.92 Å². The largest absolute Gasteiger partial charge is 0.490 e. The van der Waals surface area contributed by atoms with E-state index >= 15 is 0 Å². The van der Waals surface area contributed by atoms with Crippen LogP contribution in [-0.2, 0) is 0 Å². The van der Waals surface area contributed by atoms with E-state index < -0.39 is 0 Å². The minimum absolute atomic E-state index is 0.152. The summed E-state index contributed by atoms with van der Waals surface area (Å²) >= 11 is 3.21. The lowest BCUT2D eigenvalue weighted by atomic mass is 10.1. The van der Waals surface area contributed by atoms with Crippen LogP contribution in [0.1, 0.15) is 16.1 Å². The molecule has 0 saturated carbocycles. The zero-order valence-electron chi connectivity index (χ0n) is 10.4. The van der Waals surface area contributed by atoms with E-state index in [1.54, 1.807) is 17.0 Å². The van der Waals surface area contributed by atoms with Crippen LogP contribution in [0.4, 0.5) is 5.69 Å². The normalized spacial score (nSPS) is 13.9. The molecule has 1 aliphatic rings. The smallest absolute Gasteiger partial charge is 0.294 e. The van der Waals surface area contributed by atoms with E-state index in [4.69, 9.17) is 9.15 Å². The van der Waals surface area contributed by atoms with E-state index in [-0.39, 0.29) is 5.91 Å². The van der Waals surface area contributed by atoms with Crippen molar-refractivity contribution < 1.29 is 13.9 Å². The molecule has 0 spiro atoms. The van der Waals surface area contributed by atoms with Crippen molar-refractivity contribution in [3.63, 3.8) is 0 Å². The number of hydrogen-bond donors (Lipinski definition) is 0. The molecular formula is C14H12BrNO3. The van der Waals surface area contributed by atoms with Crippen LogP contribution in [0.15, 0.2) is 39.4 Å². The van der Waals surface area contributed by atoms with Gasteiger partial charge in [0.05, 0.1) is 12.2 Å². The van der Waals surface area contributed by atoms with Crippen LogP contribution in [0.3, 0.4) is 0 Å². The fraction of sp³-hybridized carbons (Fsp3) is 0.214. The summed E-state index contributed by atoms with van der Waals surface area (Å²) in [6, 6.07) is 9.19. The van der Waals surface area contributed by atoms with Gasteiger partial charge in [0.25, 0.3) is 5.91 Å². The molecule has 0 N–H and O–H groups in total. The molecule has 0 unspecified atom stereocenters. The fourth-order valence-electron chi connectivity index (χ4n) is 2.10. The van der Waals surface area contributed by atoms with Gasteiger partial charge in [-0.3, -0.25) is 9.69 Å². The molecule has 0 bridgehead atoms. The van der Waals surface area contributed by atoms with Crippen LogP contribution in [0.5, 0.6) is 5.75 Å². The number of ether oxygens (including phenoxy) is 1. The van der Waals surface area contributed by atoms with Crippen LogP contribution >= 0.6 is 15.9 Å². The van der Waals surface area contributed by atoms with Gasteiger partial charge in [-0.1, -0.05) is 6.07 Å². The molecule has 98 valence electrons. The highest BCUT2D eigenvalue weighted by Gasteiger charge is 2.26. The second kappa shape index (κ2) is 4.74. The number of amides is 1. The predicted octanol–water partition coefficient (Wildman–Crippen LogP) is 3.39. The monoisotopic (exact) mass is 321 g/mol. The van der Waals surface area contributed by atoms with Crippen molar-refractivity contribution in [2.45, 2.75) is 6.92 Å². The maximum Gasteiger partial charge on any atom is 0.294 e. The van der Waals surface area contributed by atoms with Gasteiger partial charge in [-0.05, 0) is 52.7 Å². The van der Waals surface area contributed by atoms with Gasteiger partial charge in [-0.15, -0.1) is 0 Å². The number of furan rings is 1. The zero-order valence-corrected chi connectivity index (χ0v) is 11.9. The third-order valence-corrected chi connectivity index (χ3v) is 3.43. The molecule has 0 saturated heterocycles. The number of carbonyl (C=O) groups is 1. The molecule has 1 aromatic heterocycles. The third kappa shape index (κ3) is 2.26. The minimum atomic E-state index is -0.152. The molecule has 0 aliphatic carbocycles. The van der Waals surface area contributed by atoms with Gasteiger partial charge >= 0.3 is 0 Å². The molecule has 1 amide bonds. The average Bonchev–Trinajstić information content (AvgIpc) is 2.84. The highest BCUT2D eigenvalue weighted by Crippen LogP contribution is 2.33. The van der Waals surface area contributed by atoms with Crippen LogP contribution in [0.2, 0.25) is 0 Å². The molecule has 19 heavy (non-hydrogen) atoms. The zero-order chi connectivity index (χ0) is 13.4. The van der Waals surface area contributed by atoms with E-state index in [1.165, 1.54) is 0 Å². The maximum atomic E-state index is 12.4. The van der Waals surface area contributed by atoms with Crippen LogP contribution < -0.4 is 9.64 Å². The standard InChI is InChI=1S/C14H12BrNO3/c1-9-2-3-11-10(8-9)16(6-7-18-11)14(17)12-4-5-13(15)19-12/h2-5,8H,6-7H2,1H3. The quantitative estimate of drug-likeness (QED) is 0.808. The van der Waals surface area contributed by atoms with Crippen molar-refractivity contribution >= 4 is 27.5 Å². The molecule has 0 atom stereocenters. The number of rotatable bonds is 1. The number of nitrogens with zero attached hydrogens (tertiary/aromatic N) is 1. The molecule has 2 heterocycles. The molecule has 0 radical (unpaired) electrons. The summed E-state index contributed by atoms with van der Waals surface area (Å²) in [5, 5.41) is 0. The van der Waals surface area contributed by atoms with E-state index in [0.717, 1.165) is 17.0 Å². The van der Waals surface area contributed by atoms with Gasteiger partial charge in [-0.25, -0.2) is 0 Å². The lowest BCUT2D eigenvalue weighted by molar-refractivity contribution is 0.0948. The first-order valence-electron chi connectivity index (χ1n) is 5.96. The van der Waals surface area contributed by atoms with Gasteiger partial charge < -0.3 is 9.15 Å². The van der Waals surface area contributed by atoms with Crippen LogP contribution in [-0.4, -0.2) is 19.1 Å². The number of fused-ring (bicyclic) bond motifs is 1. The number of benzene rings is 1. The average molecular weight is 322 g/mol. The van der Waals surface area contributed by atoms with Gasteiger partial charge in [0.15, 0.2) is 10.4 Å². The molecule has 1 aliphatic heterocycles. The van der Waals surface area contributed by atoms with Gasteiger partial charge in [0.1, 0.15) is 12.4 Å². The summed E-state index contributed by atoms with van der Waals surface area (Å²) in [6.07, 6.45) is 0. The maximum absolute atomic E-state index is 12.4. The van der Waals surface area contributed by atoms with E-state index in [9.17, 15) is 4.79 Å². The number of anilines is 1. The second-order valence-electron chi connectivity index (χ2n) is 4.38. The lowest BCUT2D eigenvalue weighted by Crippen LogP contribution is -2.37. The van der Waals surface area contributed by atoms with Crippen LogP contribution in [0.25, 0.3) is 0 Å². The topological polar surface area (TPSA) is 42.7 Å². The lowest BCUT2D eigenvalue weighted by Gasteiger charge is -2.29. The Morgan fingerprint density at radius 1 is 1.32 bits per heavy atom. The van der Waals surface area contributed by atoms with Gasteiger partial charge in [0, 0.05) is 0 Å². The molecule has 2 aromatic rings. The SMILES string of the molecule is Cc1ccc2c(c1)N(C(=O)c1ccc(Br)o1)CCO2. The Morgan fingerprint density at radius 3 is 2.89 bits per heavy atom. The Kier molecular flexibility index (Phi) is 3.06. The molecule has 3 rings (SSSR count). The van der Waals surface area contributed by atoms with Crippen molar-refractivity contribution in [1.82, 2.24) is 0 Å². The van der Waals surface area contributed by atoms with Crippen molar-refractivity contribution in [2.75, 3.05) is 18.1 Å². The Hall–Kier alpha value is -1.75. The molecule has 1 aromatic carbocycles. The molecule has 5 heteroatoms. The minimum Gasteiger partial charge on any atom is -0.490 e. The third-order valence-electron chi connectivity index (χ3n) is 3.01. The number of hydrogen-bond acceptors (Lipinski definition) is 3. The van der Waals surface area contributed by atoms with E-state index in [1.807, 2.05) is 25.1 Å². The first-order chi connectivity index (χ1) is 9.15. The Bertz CT molecular complexity index is 635. The summed E-state index contributed by atoms with van der Waals surface area (Å²) in [7, 11) is 0.